The molecule has 9 heteroatoms. The average molecular weight is 428 g/mol. The first kappa shape index (κ1) is 21.6. The third-order valence-corrected chi connectivity index (χ3v) is 4.41. The third-order valence-electron chi connectivity index (χ3n) is 4.41. The minimum Gasteiger partial charge on any atom is -0.478 e. The lowest BCUT2D eigenvalue weighted by Gasteiger charge is -2.11. The number of hydrogen-bond acceptors (Lipinski definition) is 3. The van der Waals surface area contributed by atoms with Crippen LogP contribution in [0.25, 0.3) is 11.1 Å². The summed E-state index contributed by atoms with van der Waals surface area (Å²) in [6, 6.07) is 13.9. The van der Waals surface area contributed by atoms with E-state index in [9.17, 15) is 32.7 Å². The van der Waals surface area contributed by atoms with E-state index in [1.807, 2.05) is 0 Å². The van der Waals surface area contributed by atoms with E-state index >= 15 is 0 Å². The van der Waals surface area contributed by atoms with Crippen molar-refractivity contribution in [2.24, 2.45) is 5.73 Å². The molecule has 3 aromatic rings. The highest BCUT2D eigenvalue weighted by Crippen LogP contribution is 2.29. The summed E-state index contributed by atoms with van der Waals surface area (Å²) in [6.45, 7) is 0. The van der Waals surface area contributed by atoms with E-state index in [1.54, 1.807) is 12.1 Å². The molecule has 6 nitrogen and oxygen atoms in total. The molecule has 3 aromatic carbocycles. The van der Waals surface area contributed by atoms with Crippen molar-refractivity contribution in [1.82, 2.24) is 0 Å². The normalized spacial score (nSPS) is 11.1. The minimum absolute atomic E-state index is 0.0268. The van der Waals surface area contributed by atoms with Crippen LogP contribution in [0.15, 0.2) is 66.7 Å². The molecule has 0 spiro atoms. The maximum Gasteiger partial charge on any atom is 0.416 e. The number of nitrogens with one attached hydrogen (secondary N) is 1. The number of rotatable bonds is 5. The van der Waals surface area contributed by atoms with Crippen LogP contribution in [-0.2, 0) is 6.18 Å². The minimum atomic E-state index is -4.52. The molecule has 2 amide bonds. The van der Waals surface area contributed by atoms with Gasteiger partial charge in [0.15, 0.2) is 0 Å². The van der Waals surface area contributed by atoms with Gasteiger partial charge >= 0.3 is 12.1 Å². The van der Waals surface area contributed by atoms with Crippen LogP contribution >= 0.6 is 0 Å². The summed E-state index contributed by atoms with van der Waals surface area (Å²) in [4.78, 5) is 35.1. The highest BCUT2D eigenvalue weighted by Gasteiger charge is 2.30. The van der Waals surface area contributed by atoms with E-state index in [4.69, 9.17) is 5.73 Å². The first-order chi connectivity index (χ1) is 14.5. The Labute approximate surface area is 174 Å². The molecule has 0 aliphatic heterocycles. The summed E-state index contributed by atoms with van der Waals surface area (Å²) in [7, 11) is 0. The standard InChI is InChI=1S/C22H15F3N2O4/c23-22(24,25)17-7-5-14(6-8-17)20(29)27-18-10-15(9-16(11-18)21(30)31)12-1-3-13(4-2-12)19(26)28/h1-11H,(H2,26,28)(H,27,29)(H,30,31). The Hall–Kier alpha value is -4.14. The number of carbonyl (C=O) groups is 3. The van der Waals surface area contributed by atoms with Crippen LogP contribution in [0, 0.1) is 0 Å². The first-order valence-electron chi connectivity index (χ1n) is 8.82. The second kappa shape index (κ2) is 8.31. The Morgan fingerprint density at radius 2 is 1.35 bits per heavy atom. The second-order valence-electron chi connectivity index (χ2n) is 6.58. The van der Waals surface area contributed by atoms with Gasteiger partial charge in [-0.15, -0.1) is 0 Å². The number of amides is 2. The number of anilines is 1. The lowest BCUT2D eigenvalue weighted by atomic mass is 10.0. The lowest BCUT2D eigenvalue weighted by molar-refractivity contribution is -0.137. The van der Waals surface area contributed by atoms with Gasteiger partial charge in [-0.05, 0) is 65.7 Å². The fourth-order valence-electron chi connectivity index (χ4n) is 2.83. The maximum atomic E-state index is 12.7. The van der Waals surface area contributed by atoms with Crippen molar-refractivity contribution in [3.05, 3.63) is 89.0 Å². The monoisotopic (exact) mass is 428 g/mol. The molecule has 0 aliphatic carbocycles. The molecule has 0 radical (unpaired) electrons. The number of carboxylic acids is 1. The molecule has 0 atom stereocenters. The maximum absolute atomic E-state index is 12.7. The van der Waals surface area contributed by atoms with Crippen molar-refractivity contribution in [2.75, 3.05) is 5.32 Å². The summed E-state index contributed by atoms with van der Waals surface area (Å²) in [5.74, 6) is -2.55. The molecule has 158 valence electrons. The van der Waals surface area contributed by atoms with Crippen LogP contribution in [0.3, 0.4) is 0 Å². The van der Waals surface area contributed by atoms with Gasteiger partial charge in [0.2, 0.25) is 5.91 Å². The molecule has 0 bridgehead atoms. The predicted octanol–water partition coefficient (Wildman–Crippen LogP) is 4.42. The van der Waals surface area contributed by atoms with E-state index in [2.05, 4.69) is 5.32 Å². The molecule has 4 N–H and O–H groups in total. The molecule has 0 fully saturated rings. The van der Waals surface area contributed by atoms with Crippen molar-refractivity contribution in [2.45, 2.75) is 6.18 Å². The quantitative estimate of drug-likeness (QED) is 0.559. The highest BCUT2D eigenvalue weighted by atomic mass is 19.4. The van der Waals surface area contributed by atoms with Crippen LogP contribution in [-0.4, -0.2) is 22.9 Å². The number of hydrogen-bond donors (Lipinski definition) is 3. The van der Waals surface area contributed by atoms with Crippen LogP contribution in [0.1, 0.15) is 36.6 Å². The van der Waals surface area contributed by atoms with Crippen LogP contribution in [0.4, 0.5) is 18.9 Å². The van der Waals surface area contributed by atoms with Gasteiger partial charge in [-0.3, -0.25) is 9.59 Å². The Morgan fingerprint density at radius 1 is 0.774 bits per heavy atom. The van der Waals surface area contributed by atoms with Gasteiger partial charge in [-0.25, -0.2) is 4.79 Å². The summed E-state index contributed by atoms with van der Waals surface area (Å²) < 4.78 is 38.0. The molecule has 3 rings (SSSR count). The summed E-state index contributed by atoms with van der Waals surface area (Å²) in [5.41, 5.74) is 5.60. The Bertz CT molecular complexity index is 1150. The molecule has 31 heavy (non-hydrogen) atoms. The fraction of sp³-hybridized carbons (Fsp3) is 0.0455. The van der Waals surface area contributed by atoms with Gasteiger partial charge in [-0.1, -0.05) is 12.1 Å². The van der Waals surface area contributed by atoms with Crippen molar-refractivity contribution in [3.63, 3.8) is 0 Å². The number of alkyl halides is 3. The molecular formula is C22H15F3N2O4. The largest absolute Gasteiger partial charge is 0.478 e. The van der Waals surface area contributed by atoms with Crippen molar-refractivity contribution >= 4 is 23.5 Å². The van der Waals surface area contributed by atoms with E-state index in [1.165, 1.54) is 30.3 Å². The molecule has 0 heterocycles. The topological polar surface area (TPSA) is 109 Å². The number of primary amides is 1. The van der Waals surface area contributed by atoms with Crippen molar-refractivity contribution in [3.8, 4) is 11.1 Å². The van der Waals surface area contributed by atoms with Crippen molar-refractivity contribution < 1.29 is 32.7 Å². The number of benzene rings is 3. The molecule has 0 saturated heterocycles. The summed E-state index contributed by atoms with van der Waals surface area (Å²) in [6.07, 6.45) is -4.52. The van der Waals surface area contributed by atoms with Gasteiger partial charge in [0.1, 0.15) is 0 Å². The number of carbonyl (C=O) groups excluding carboxylic acids is 2. The second-order valence-corrected chi connectivity index (χ2v) is 6.58. The van der Waals surface area contributed by atoms with Gasteiger partial charge in [0.05, 0.1) is 11.1 Å². The Kier molecular flexibility index (Phi) is 5.78. The zero-order valence-electron chi connectivity index (χ0n) is 15.7. The van der Waals surface area contributed by atoms with Gasteiger partial charge in [-0.2, -0.15) is 13.2 Å². The number of carboxylic acid groups (broad SMARTS) is 1. The SMILES string of the molecule is NC(=O)c1ccc(-c2cc(NC(=O)c3ccc(C(F)(F)F)cc3)cc(C(=O)O)c2)cc1. The van der Waals surface area contributed by atoms with Crippen LogP contribution in [0.5, 0.6) is 0 Å². The average Bonchev–Trinajstić information content (AvgIpc) is 2.73. The van der Waals surface area contributed by atoms with E-state index < -0.39 is 29.5 Å². The number of aromatic carboxylic acids is 1. The molecule has 0 unspecified atom stereocenters. The predicted molar refractivity (Wildman–Crippen MR) is 107 cm³/mol. The van der Waals surface area contributed by atoms with E-state index in [-0.39, 0.29) is 22.4 Å². The zero-order valence-corrected chi connectivity index (χ0v) is 15.7. The third kappa shape index (κ3) is 5.08. The first-order valence-corrected chi connectivity index (χ1v) is 8.82. The lowest BCUT2D eigenvalue weighted by Crippen LogP contribution is -2.13. The van der Waals surface area contributed by atoms with Gasteiger partial charge in [0, 0.05) is 16.8 Å². The zero-order chi connectivity index (χ0) is 22.8. The Balaban J connectivity index is 1.91. The summed E-state index contributed by atoms with van der Waals surface area (Å²) >= 11 is 0. The molecular weight excluding hydrogens is 413 g/mol. The number of halogens is 3. The highest BCUT2D eigenvalue weighted by molar-refractivity contribution is 6.05. The van der Waals surface area contributed by atoms with Crippen molar-refractivity contribution in [1.29, 1.82) is 0 Å². The molecule has 0 aromatic heterocycles. The smallest absolute Gasteiger partial charge is 0.416 e. The van der Waals surface area contributed by atoms with E-state index in [0.29, 0.717) is 11.1 Å². The fourth-order valence-corrected chi connectivity index (χ4v) is 2.83. The van der Waals surface area contributed by atoms with Gasteiger partial charge < -0.3 is 16.2 Å². The molecule has 0 aliphatic rings. The van der Waals surface area contributed by atoms with E-state index in [0.717, 1.165) is 24.3 Å². The molecule has 0 saturated carbocycles. The van der Waals surface area contributed by atoms with Crippen LogP contribution < -0.4 is 11.1 Å². The van der Waals surface area contributed by atoms with Gasteiger partial charge in [0.25, 0.3) is 5.91 Å². The van der Waals surface area contributed by atoms with Crippen LogP contribution in [0.2, 0.25) is 0 Å². The number of nitrogens with two attached hydrogens (primary N) is 1. The summed E-state index contributed by atoms with van der Waals surface area (Å²) in [5, 5.41) is 11.9. The Morgan fingerprint density at radius 3 is 1.87 bits per heavy atom.